The van der Waals surface area contributed by atoms with Crippen molar-refractivity contribution >= 4 is 23.0 Å². The Balaban J connectivity index is 1.23. The van der Waals surface area contributed by atoms with Crippen molar-refractivity contribution in [3.63, 3.8) is 0 Å². The molecule has 1 aromatic carbocycles. The monoisotopic (exact) mass is 398 g/mol. The number of hydrogen-bond donors (Lipinski definition) is 2. The first-order valence-corrected chi connectivity index (χ1v) is 10.6. The Morgan fingerprint density at radius 2 is 2.07 bits per heavy atom. The molecule has 0 aliphatic carbocycles. The quantitative estimate of drug-likeness (QED) is 0.699. The summed E-state index contributed by atoms with van der Waals surface area (Å²) in [7, 11) is 2.22. The van der Waals surface area contributed by atoms with E-state index in [4.69, 9.17) is 16.6 Å². The van der Waals surface area contributed by atoms with Crippen LogP contribution < -0.4 is 15.5 Å². The van der Waals surface area contributed by atoms with Crippen LogP contribution in [0.3, 0.4) is 0 Å². The third kappa shape index (κ3) is 4.67. The summed E-state index contributed by atoms with van der Waals surface area (Å²) >= 11 is 5.43. The van der Waals surface area contributed by atoms with E-state index in [-0.39, 0.29) is 0 Å². The molecule has 0 spiro atoms. The minimum absolute atomic E-state index is 0.584. The van der Waals surface area contributed by atoms with Gasteiger partial charge in [-0.25, -0.2) is 0 Å². The number of nitrogens with one attached hydrogen (secondary N) is 2. The van der Waals surface area contributed by atoms with Gasteiger partial charge in [-0.2, -0.15) is 0 Å². The van der Waals surface area contributed by atoms with E-state index < -0.39 is 0 Å². The van der Waals surface area contributed by atoms with Gasteiger partial charge in [-0.3, -0.25) is 4.90 Å². The fourth-order valence-corrected chi connectivity index (χ4v) is 4.82. The normalized spacial score (nSPS) is 26.0. The number of nitrogens with zero attached hydrogens (tertiary/aromatic N) is 2. The van der Waals surface area contributed by atoms with Crippen LogP contribution in [0.2, 0.25) is 0 Å². The smallest absolute Gasteiger partial charge is 0.166 e. The molecular formula is C22H30N4OS. The first-order chi connectivity index (χ1) is 13.7. The molecule has 5 nitrogen and oxygen atoms in total. The Hall–Kier alpha value is -2.05. The lowest BCUT2D eigenvalue weighted by Crippen LogP contribution is -2.58. The lowest BCUT2D eigenvalue weighted by molar-refractivity contribution is 0.00660. The average molecular weight is 399 g/mol. The molecule has 3 aliphatic heterocycles. The predicted molar refractivity (Wildman–Crippen MR) is 117 cm³/mol. The molecule has 2 aromatic rings. The van der Waals surface area contributed by atoms with Crippen LogP contribution in [0.25, 0.3) is 0 Å². The van der Waals surface area contributed by atoms with Gasteiger partial charge in [0, 0.05) is 38.4 Å². The van der Waals surface area contributed by atoms with Crippen LogP contribution in [-0.4, -0.2) is 49.3 Å². The van der Waals surface area contributed by atoms with Crippen LogP contribution in [0.15, 0.2) is 53.1 Å². The molecule has 1 aromatic heterocycles. The molecule has 3 fully saturated rings. The number of piperidine rings is 3. The highest BCUT2D eigenvalue weighted by Crippen LogP contribution is 2.36. The van der Waals surface area contributed by atoms with Crippen LogP contribution in [0.4, 0.5) is 5.69 Å². The maximum atomic E-state index is 5.43. The molecule has 2 N–H and O–H groups in total. The van der Waals surface area contributed by atoms with Gasteiger partial charge >= 0.3 is 0 Å². The van der Waals surface area contributed by atoms with Crippen LogP contribution in [0.5, 0.6) is 0 Å². The third-order valence-corrected chi connectivity index (χ3v) is 6.51. The standard InChI is InChI=1S/C22H30N4OS/c1-25(19-6-3-2-4-7-19)15-18-16-26-10-9-17(18)12-20(26)13-23-22(28)24-14-21-8-5-11-27-21/h2-8,11,17-18,20H,9-10,12-16H2,1H3,(H2,23,24,28). The molecule has 0 radical (unpaired) electrons. The minimum atomic E-state index is 0.584. The summed E-state index contributed by atoms with van der Waals surface area (Å²) in [6.07, 6.45) is 4.28. The van der Waals surface area contributed by atoms with E-state index in [0.29, 0.717) is 17.7 Å². The van der Waals surface area contributed by atoms with E-state index in [1.807, 2.05) is 12.1 Å². The lowest BCUT2D eigenvalue weighted by atomic mass is 9.75. The van der Waals surface area contributed by atoms with E-state index in [1.165, 1.54) is 31.6 Å². The Labute approximate surface area is 173 Å². The van der Waals surface area contributed by atoms with Crippen LogP contribution in [0, 0.1) is 11.8 Å². The molecule has 6 heteroatoms. The minimum Gasteiger partial charge on any atom is -0.467 e. The second-order valence-corrected chi connectivity index (χ2v) is 8.46. The number of benzene rings is 1. The highest BCUT2D eigenvalue weighted by atomic mass is 32.1. The highest BCUT2D eigenvalue weighted by molar-refractivity contribution is 7.80. The summed E-state index contributed by atoms with van der Waals surface area (Å²) in [6.45, 7) is 5.09. The SMILES string of the molecule is CN(CC1CN2CCC1CC2CNC(=S)NCc1ccco1)c1ccccc1. The number of para-hydroxylation sites is 1. The van der Waals surface area contributed by atoms with Gasteiger partial charge in [-0.05, 0) is 67.7 Å². The zero-order valence-corrected chi connectivity index (χ0v) is 17.3. The Kier molecular flexibility index (Phi) is 6.17. The van der Waals surface area contributed by atoms with Crippen molar-refractivity contribution in [3.8, 4) is 0 Å². The van der Waals surface area contributed by atoms with Crippen molar-refractivity contribution in [2.24, 2.45) is 11.8 Å². The first kappa shape index (κ1) is 19.3. The summed E-state index contributed by atoms with van der Waals surface area (Å²) in [5.74, 6) is 2.46. The number of hydrogen-bond acceptors (Lipinski definition) is 4. The molecule has 28 heavy (non-hydrogen) atoms. The second kappa shape index (κ2) is 8.97. The van der Waals surface area contributed by atoms with Crippen molar-refractivity contribution in [1.82, 2.24) is 15.5 Å². The maximum Gasteiger partial charge on any atom is 0.166 e. The molecule has 0 saturated carbocycles. The van der Waals surface area contributed by atoms with Crippen LogP contribution in [0.1, 0.15) is 18.6 Å². The Bertz CT molecular complexity index is 751. The second-order valence-electron chi connectivity index (χ2n) is 8.05. The number of thiocarbonyl (C=S) groups is 1. The molecule has 3 saturated heterocycles. The van der Waals surface area contributed by atoms with Crippen LogP contribution >= 0.6 is 12.2 Å². The maximum absolute atomic E-state index is 5.43. The van der Waals surface area contributed by atoms with Crippen LogP contribution in [-0.2, 0) is 6.54 Å². The largest absolute Gasteiger partial charge is 0.467 e. The fraction of sp³-hybridized carbons (Fsp3) is 0.500. The van der Waals surface area contributed by atoms with Crippen molar-refractivity contribution in [3.05, 3.63) is 54.5 Å². The van der Waals surface area contributed by atoms with Gasteiger partial charge in [0.05, 0.1) is 12.8 Å². The van der Waals surface area contributed by atoms with Crippen molar-refractivity contribution in [2.45, 2.75) is 25.4 Å². The Morgan fingerprint density at radius 1 is 1.21 bits per heavy atom. The molecule has 4 heterocycles. The Morgan fingerprint density at radius 3 is 2.79 bits per heavy atom. The molecule has 0 amide bonds. The molecule has 3 aliphatic rings. The van der Waals surface area contributed by atoms with Gasteiger partial charge in [-0.1, -0.05) is 18.2 Å². The van der Waals surface area contributed by atoms with Gasteiger partial charge in [0.15, 0.2) is 5.11 Å². The molecule has 4 unspecified atom stereocenters. The van der Waals surface area contributed by atoms with Gasteiger partial charge < -0.3 is 20.0 Å². The summed E-state index contributed by atoms with van der Waals surface area (Å²) in [4.78, 5) is 5.07. The van der Waals surface area contributed by atoms with Crippen molar-refractivity contribution in [2.75, 3.05) is 38.1 Å². The third-order valence-electron chi connectivity index (χ3n) is 6.22. The number of anilines is 1. The van der Waals surface area contributed by atoms with E-state index in [1.54, 1.807) is 6.26 Å². The van der Waals surface area contributed by atoms with E-state index >= 15 is 0 Å². The van der Waals surface area contributed by atoms with E-state index in [2.05, 4.69) is 57.8 Å². The number of furan rings is 1. The van der Waals surface area contributed by atoms with E-state index in [9.17, 15) is 0 Å². The summed E-state index contributed by atoms with van der Waals surface area (Å²) in [5.41, 5.74) is 1.31. The zero-order valence-electron chi connectivity index (χ0n) is 16.5. The van der Waals surface area contributed by atoms with Gasteiger partial charge in [0.25, 0.3) is 0 Å². The first-order valence-electron chi connectivity index (χ1n) is 10.2. The zero-order chi connectivity index (χ0) is 19.3. The summed E-state index contributed by atoms with van der Waals surface area (Å²) in [5, 5.41) is 7.34. The lowest BCUT2D eigenvalue weighted by Gasteiger charge is -2.51. The van der Waals surface area contributed by atoms with Gasteiger partial charge in [-0.15, -0.1) is 0 Å². The number of rotatable bonds is 7. The van der Waals surface area contributed by atoms with E-state index in [0.717, 1.165) is 30.7 Å². The average Bonchev–Trinajstić information content (AvgIpc) is 3.26. The predicted octanol–water partition coefficient (Wildman–Crippen LogP) is 3.09. The molecule has 150 valence electrons. The fourth-order valence-electron chi connectivity index (χ4n) is 4.66. The highest BCUT2D eigenvalue weighted by Gasteiger charge is 2.40. The molecule has 4 atom stereocenters. The summed E-state index contributed by atoms with van der Waals surface area (Å²) < 4.78 is 5.33. The summed E-state index contributed by atoms with van der Waals surface area (Å²) in [6, 6.07) is 15.1. The van der Waals surface area contributed by atoms with Crippen molar-refractivity contribution < 1.29 is 4.42 Å². The van der Waals surface area contributed by atoms with Gasteiger partial charge in [0.1, 0.15) is 5.76 Å². The molecular weight excluding hydrogens is 368 g/mol. The molecule has 2 bridgehead atoms. The molecule has 5 rings (SSSR count). The number of fused-ring (bicyclic) bond motifs is 3. The topological polar surface area (TPSA) is 43.7 Å². The van der Waals surface area contributed by atoms with Gasteiger partial charge in [0.2, 0.25) is 0 Å². The van der Waals surface area contributed by atoms with Crippen molar-refractivity contribution in [1.29, 1.82) is 0 Å².